The normalized spacial score (nSPS) is 12.5. The molecule has 0 aliphatic carbocycles. The summed E-state index contributed by atoms with van der Waals surface area (Å²) in [5.74, 6) is 1.31. The second-order valence-electron chi connectivity index (χ2n) is 7.01. The van der Waals surface area contributed by atoms with Crippen LogP contribution in [-0.2, 0) is 6.54 Å². The van der Waals surface area contributed by atoms with Crippen LogP contribution >= 0.6 is 23.2 Å². The lowest BCUT2D eigenvalue weighted by molar-refractivity contribution is 0.101. The standard InChI is InChI=1S/C21H17Cl2N5O4/c1-30-13-8-14(31-2)17(23)15(16(13)22)10-3-4-11-12(7-10)26-27-19(11)25-20(29)18-21-28(9-24-18)5-6-32-21/h3-4,7-9H,5-6H2,1-2H3,(H2,25,26,27,29). The summed E-state index contributed by atoms with van der Waals surface area (Å²) in [6.07, 6.45) is 1.59. The number of hydrogen-bond donors (Lipinski definition) is 2. The molecule has 2 N–H and O–H groups in total. The number of aromatic amines is 1. The van der Waals surface area contributed by atoms with Gasteiger partial charge >= 0.3 is 0 Å². The van der Waals surface area contributed by atoms with E-state index in [2.05, 4.69) is 20.5 Å². The largest absolute Gasteiger partial charge is 0.495 e. The lowest BCUT2D eigenvalue weighted by Gasteiger charge is -2.14. The number of benzene rings is 2. The molecule has 1 amide bonds. The lowest BCUT2D eigenvalue weighted by Crippen LogP contribution is -2.14. The Morgan fingerprint density at radius 2 is 1.94 bits per heavy atom. The molecule has 11 heteroatoms. The van der Waals surface area contributed by atoms with E-state index in [-0.39, 0.29) is 5.69 Å². The predicted molar refractivity (Wildman–Crippen MR) is 120 cm³/mol. The summed E-state index contributed by atoms with van der Waals surface area (Å²) in [5.41, 5.74) is 2.19. The molecular formula is C21H17Cl2N5O4. The Labute approximate surface area is 192 Å². The molecule has 164 valence electrons. The van der Waals surface area contributed by atoms with Crippen LogP contribution in [0, 0.1) is 0 Å². The molecule has 0 saturated heterocycles. The minimum atomic E-state index is -0.401. The molecule has 9 nitrogen and oxygen atoms in total. The fourth-order valence-electron chi connectivity index (χ4n) is 3.65. The van der Waals surface area contributed by atoms with Crippen molar-refractivity contribution in [2.45, 2.75) is 6.54 Å². The monoisotopic (exact) mass is 473 g/mol. The van der Waals surface area contributed by atoms with Crippen molar-refractivity contribution in [3.8, 4) is 28.5 Å². The Kier molecular flexibility index (Phi) is 5.07. The van der Waals surface area contributed by atoms with Crippen molar-refractivity contribution in [1.29, 1.82) is 0 Å². The highest BCUT2D eigenvalue weighted by Crippen LogP contribution is 2.46. The predicted octanol–water partition coefficient (Wildman–Crippen LogP) is 4.40. The van der Waals surface area contributed by atoms with Gasteiger partial charge in [-0.1, -0.05) is 29.3 Å². The zero-order valence-electron chi connectivity index (χ0n) is 17.0. The molecule has 0 saturated carbocycles. The number of carbonyl (C=O) groups is 1. The van der Waals surface area contributed by atoms with Gasteiger partial charge < -0.3 is 19.5 Å². The van der Waals surface area contributed by atoms with Gasteiger partial charge in [-0.3, -0.25) is 14.5 Å². The molecule has 4 aromatic rings. The van der Waals surface area contributed by atoms with Crippen molar-refractivity contribution >= 4 is 45.8 Å². The SMILES string of the molecule is COc1cc(OC)c(Cl)c(-c2ccc3c(NC(=O)c4ncn5c4OCC5)n[nH]c3c2)c1Cl. The summed E-state index contributed by atoms with van der Waals surface area (Å²) in [7, 11) is 3.04. The molecule has 0 fully saturated rings. The molecule has 2 aromatic carbocycles. The lowest BCUT2D eigenvalue weighted by atomic mass is 10.0. The van der Waals surface area contributed by atoms with Crippen molar-refractivity contribution in [2.24, 2.45) is 0 Å². The fraction of sp³-hybridized carbons (Fsp3) is 0.190. The number of fused-ring (bicyclic) bond motifs is 2. The van der Waals surface area contributed by atoms with Crippen molar-refractivity contribution in [3.63, 3.8) is 0 Å². The fourth-order valence-corrected chi connectivity index (χ4v) is 4.37. The summed E-state index contributed by atoms with van der Waals surface area (Å²) < 4.78 is 18.0. The Bertz CT molecular complexity index is 1340. The third kappa shape index (κ3) is 3.21. The minimum absolute atomic E-state index is 0.220. The number of methoxy groups -OCH3 is 2. The molecule has 0 bridgehead atoms. The van der Waals surface area contributed by atoms with Crippen LogP contribution in [0.15, 0.2) is 30.6 Å². The van der Waals surface area contributed by atoms with Gasteiger partial charge in [-0.15, -0.1) is 0 Å². The van der Waals surface area contributed by atoms with Gasteiger partial charge in [0.2, 0.25) is 5.88 Å². The van der Waals surface area contributed by atoms with Gasteiger partial charge in [0.15, 0.2) is 11.5 Å². The van der Waals surface area contributed by atoms with E-state index in [4.69, 9.17) is 37.4 Å². The van der Waals surface area contributed by atoms with Crippen LogP contribution in [0.25, 0.3) is 22.0 Å². The van der Waals surface area contributed by atoms with Crippen LogP contribution in [0.2, 0.25) is 10.0 Å². The Hall–Kier alpha value is -3.43. The number of amides is 1. The molecule has 0 atom stereocenters. The number of hydrogen-bond acceptors (Lipinski definition) is 6. The van der Waals surface area contributed by atoms with E-state index in [1.165, 1.54) is 14.2 Å². The number of carbonyl (C=O) groups excluding carboxylic acids is 1. The van der Waals surface area contributed by atoms with Gasteiger partial charge in [0.05, 0.1) is 42.7 Å². The number of nitrogens with zero attached hydrogens (tertiary/aromatic N) is 3. The molecule has 0 radical (unpaired) electrons. The molecule has 5 rings (SSSR count). The number of aromatic nitrogens is 4. The zero-order valence-corrected chi connectivity index (χ0v) is 18.5. The van der Waals surface area contributed by atoms with E-state index in [1.54, 1.807) is 17.0 Å². The maximum atomic E-state index is 12.7. The first-order chi connectivity index (χ1) is 15.5. The molecule has 0 spiro atoms. The van der Waals surface area contributed by atoms with E-state index in [9.17, 15) is 4.79 Å². The van der Waals surface area contributed by atoms with Gasteiger partial charge in [-0.05, 0) is 17.7 Å². The van der Waals surface area contributed by atoms with Crippen molar-refractivity contribution < 1.29 is 19.0 Å². The smallest absolute Gasteiger partial charge is 0.281 e. The van der Waals surface area contributed by atoms with Crippen molar-refractivity contribution in [1.82, 2.24) is 19.7 Å². The first-order valence-electron chi connectivity index (χ1n) is 9.59. The first-order valence-corrected chi connectivity index (χ1v) is 10.3. The summed E-state index contributed by atoms with van der Waals surface area (Å²) in [4.78, 5) is 16.9. The zero-order chi connectivity index (χ0) is 22.4. The summed E-state index contributed by atoms with van der Waals surface area (Å²) >= 11 is 13.1. The van der Waals surface area contributed by atoms with Crippen LogP contribution < -0.4 is 19.5 Å². The first kappa shape index (κ1) is 20.5. The molecular weight excluding hydrogens is 457 g/mol. The van der Waals surface area contributed by atoms with Gasteiger partial charge in [-0.2, -0.15) is 5.10 Å². The van der Waals surface area contributed by atoms with Crippen molar-refractivity contribution in [3.05, 3.63) is 46.3 Å². The quantitative estimate of drug-likeness (QED) is 0.445. The van der Waals surface area contributed by atoms with Crippen LogP contribution in [0.3, 0.4) is 0 Å². The van der Waals surface area contributed by atoms with E-state index in [0.717, 1.165) is 5.56 Å². The number of imidazole rings is 1. The Balaban J connectivity index is 1.50. The third-order valence-electron chi connectivity index (χ3n) is 5.23. The van der Waals surface area contributed by atoms with E-state index < -0.39 is 5.91 Å². The highest BCUT2D eigenvalue weighted by Gasteiger charge is 2.25. The van der Waals surface area contributed by atoms with E-state index >= 15 is 0 Å². The molecule has 2 aromatic heterocycles. The molecule has 32 heavy (non-hydrogen) atoms. The molecule has 3 heterocycles. The summed E-state index contributed by atoms with van der Waals surface area (Å²) in [5, 5.41) is 11.4. The van der Waals surface area contributed by atoms with Crippen LogP contribution in [0.5, 0.6) is 17.4 Å². The molecule has 1 aliphatic rings. The number of halogens is 2. The Morgan fingerprint density at radius 1 is 1.19 bits per heavy atom. The molecule has 0 unspecified atom stereocenters. The maximum absolute atomic E-state index is 12.7. The third-order valence-corrected chi connectivity index (χ3v) is 5.98. The van der Waals surface area contributed by atoms with Crippen molar-refractivity contribution in [2.75, 3.05) is 26.1 Å². The van der Waals surface area contributed by atoms with Crippen LogP contribution in [0.4, 0.5) is 5.82 Å². The van der Waals surface area contributed by atoms with Gasteiger partial charge in [0, 0.05) is 17.0 Å². The highest BCUT2D eigenvalue weighted by atomic mass is 35.5. The van der Waals surface area contributed by atoms with Crippen LogP contribution in [-0.4, -0.2) is 46.5 Å². The van der Waals surface area contributed by atoms with Gasteiger partial charge in [0.25, 0.3) is 5.91 Å². The average Bonchev–Trinajstić information content (AvgIpc) is 3.50. The number of ether oxygens (including phenoxy) is 3. The number of anilines is 1. The van der Waals surface area contributed by atoms with E-state index in [1.807, 2.05) is 18.2 Å². The number of rotatable bonds is 5. The van der Waals surface area contributed by atoms with Gasteiger partial charge in [0.1, 0.15) is 18.1 Å². The molecule has 1 aliphatic heterocycles. The average molecular weight is 474 g/mol. The minimum Gasteiger partial charge on any atom is -0.495 e. The highest BCUT2D eigenvalue weighted by molar-refractivity contribution is 6.41. The van der Waals surface area contributed by atoms with E-state index in [0.29, 0.717) is 62.9 Å². The second-order valence-corrected chi connectivity index (χ2v) is 7.77. The maximum Gasteiger partial charge on any atom is 0.281 e. The topological polar surface area (TPSA) is 103 Å². The summed E-state index contributed by atoms with van der Waals surface area (Å²) in [6.45, 7) is 1.19. The van der Waals surface area contributed by atoms with Gasteiger partial charge in [-0.25, -0.2) is 4.98 Å². The van der Waals surface area contributed by atoms with Crippen LogP contribution in [0.1, 0.15) is 10.5 Å². The Morgan fingerprint density at radius 3 is 2.66 bits per heavy atom. The second kappa shape index (κ2) is 7.92. The summed E-state index contributed by atoms with van der Waals surface area (Å²) in [6, 6.07) is 7.11. The number of H-pyrrole nitrogens is 1. The number of nitrogens with one attached hydrogen (secondary N) is 2.